The molecule has 1 aliphatic rings. The van der Waals surface area contributed by atoms with E-state index >= 15 is 0 Å². The Balaban J connectivity index is 1.22. The molecule has 1 unspecified atom stereocenters. The number of amides is 1. The van der Waals surface area contributed by atoms with Gasteiger partial charge < -0.3 is 9.64 Å². The SMILES string of the molecule is CCOC(=O)C(CN1CC[C@H](CCCc2ccc3cccnc3n2)C1=O)c1cnc2ccccc2c1. The van der Waals surface area contributed by atoms with E-state index in [-0.39, 0.29) is 17.8 Å². The second-order valence-electron chi connectivity index (χ2n) is 9.28. The van der Waals surface area contributed by atoms with Crippen LogP contribution in [0.5, 0.6) is 0 Å². The van der Waals surface area contributed by atoms with Gasteiger partial charge in [0.1, 0.15) is 5.92 Å². The van der Waals surface area contributed by atoms with Gasteiger partial charge in [0.05, 0.1) is 12.1 Å². The highest BCUT2D eigenvalue weighted by Crippen LogP contribution is 2.28. The first-order valence-electron chi connectivity index (χ1n) is 12.6. The molecule has 2 atom stereocenters. The van der Waals surface area contributed by atoms with Gasteiger partial charge in [-0.2, -0.15) is 0 Å². The molecular formula is C29H30N4O3. The summed E-state index contributed by atoms with van der Waals surface area (Å²) >= 11 is 0. The maximum Gasteiger partial charge on any atom is 0.315 e. The lowest BCUT2D eigenvalue weighted by Gasteiger charge is -2.23. The Morgan fingerprint density at radius 2 is 1.97 bits per heavy atom. The summed E-state index contributed by atoms with van der Waals surface area (Å²) in [5.41, 5.74) is 3.40. The van der Waals surface area contributed by atoms with E-state index in [1.165, 1.54) is 0 Å². The first-order valence-corrected chi connectivity index (χ1v) is 12.6. The van der Waals surface area contributed by atoms with Crippen LogP contribution in [0.1, 0.15) is 43.4 Å². The van der Waals surface area contributed by atoms with Gasteiger partial charge in [0, 0.05) is 47.9 Å². The molecule has 1 aliphatic heterocycles. The van der Waals surface area contributed by atoms with Crippen molar-refractivity contribution in [1.29, 1.82) is 0 Å². The molecule has 1 fully saturated rings. The summed E-state index contributed by atoms with van der Waals surface area (Å²) in [6.07, 6.45) is 6.78. The largest absolute Gasteiger partial charge is 0.465 e. The third-order valence-corrected chi connectivity index (χ3v) is 6.90. The summed E-state index contributed by atoms with van der Waals surface area (Å²) in [5.74, 6) is -0.784. The quantitative estimate of drug-likeness (QED) is 0.322. The number of ether oxygens (including phenoxy) is 1. The van der Waals surface area contributed by atoms with Crippen molar-refractivity contribution in [2.45, 2.75) is 38.5 Å². The molecule has 4 heterocycles. The molecule has 1 aromatic carbocycles. The minimum absolute atomic E-state index is 0.0267. The van der Waals surface area contributed by atoms with Crippen LogP contribution in [0.2, 0.25) is 0 Å². The molecule has 7 heteroatoms. The van der Waals surface area contributed by atoms with Crippen LogP contribution in [0, 0.1) is 5.92 Å². The predicted molar refractivity (Wildman–Crippen MR) is 138 cm³/mol. The summed E-state index contributed by atoms with van der Waals surface area (Å²) in [6, 6.07) is 17.8. The number of carbonyl (C=O) groups is 2. The van der Waals surface area contributed by atoms with Gasteiger partial charge in [-0.25, -0.2) is 9.97 Å². The normalized spacial score (nSPS) is 16.5. The third kappa shape index (κ3) is 5.20. The molecule has 3 aromatic heterocycles. The number of nitrogens with zero attached hydrogens (tertiary/aromatic N) is 4. The zero-order chi connectivity index (χ0) is 24.9. The number of esters is 1. The number of carbonyl (C=O) groups excluding carboxylic acids is 2. The van der Waals surface area contributed by atoms with E-state index < -0.39 is 5.92 Å². The van der Waals surface area contributed by atoms with Crippen molar-refractivity contribution in [2.75, 3.05) is 19.7 Å². The lowest BCUT2D eigenvalue weighted by atomic mass is 9.98. The molecule has 5 rings (SSSR count). The van der Waals surface area contributed by atoms with E-state index in [0.717, 1.165) is 58.9 Å². The molecule has 1 saturated heterocycles. The summed E-state index contributed by atoms with van der Waals surface area (Å²) in [4.78, 5) is 41.4. The Kier molecular flexibility index (Phi) is 7.16. The van der Waals surface area contributed by atoms with Crippen LogP contribution in [0.25, 0.3) is 21.9 Å². The van der Waals surface area contributed by atoms with Crippen molar-refractivity contribution in [3.05, 3.63) is 78.2 Å². The molecular weight excluding hydrogens is 452 g/mol. The standard InChI is InChI=1S/C29H30N4O3/c1-2-36-29(35)25(23-17-22-7-3-4-11-26(22)31-18-23)19-33-16-14-21(28(33)34)8-5-10-24-13-12-20-9-6-15-30-27(20)32-24/h3-4,6-7,9,11-13,15,17-18,21,25H,2,5,8,10,14,16,19H2,1H3/t21-,25?/m0/s1. The van der Waals surface area contributed by atoms with Crippen molar-refractivity contribution in [3.63, 3.8) is 0 Å². The van der Waals surface area contributed by atoms with Gasteiger partial charge in [0.25, 0.3) is 0 Å². The van der Waals surface area contributed by atoms with E-state index in [9.17, 15) is 9.59 Å². The van der Waals surface area contributed by atoms with E-state index in [4.69, 9.17) is 4.74 Å². The zero-order valence-corrected chi connectivity index (χ0v) is 20.5. The number of aryl methyl sites for hydroxylation is 1. The van der Waals surface area contributed by atoms with Crippen LogP contribution in [0.15, 0.2) is 67.0 Å². The maximum atomic E-state index is 13.2. The van der Waals surface area contributed by atoms with Gasteiger partial charge in [0.2, 0.25) is 5.91 Å². The average molecular weight is 483 g/mol. The fourth-order valence-electron chi connectivity index (χ4n) is 4.97. The molecule has 7 nitrogen and oxygen atoms in total. The Hall–Kier alpha value is -3.87. The van der Waals surface area contributed by atoms with Crippen LogP contribution in [0.3, 0.4) is 0 Å². The first-order chi connectivity index (χ1) is 17.6. The number of rotatable bonds is 9. The van der Waals surface area contributed by atoms with Crippen LogP contribution in [-0.2, 0) is 20.7 Å². The lowest BCUT2D eigenvalue weighted by molar-refractivity contribution is -0.146. The number of aromatic nitrogens is 3. The Bertz CT molecular complexity index is 1390. The number of para-hydroxylation sites is 1. The van der Waals surface area contributed by atoms with Crippen LogP contribution < -0.4 is 0 Å². The second kappa shape index (κ2) is 10.8. The van der Waals surface area contributed by atoms with Crippen LogP contribution in [-0.4, -0.2) is 51.4 Å². The molecule has 0 radical (unpaired) electrons. The molecule has 0 saturated carbocycles. The lowest BCUT2D eigenvalue weighted by Crippen LogP contribution is -2.35. The van der Waals surface area contributed by atoms with Gasteiger partial charge in [-0.15, -0.1) is 0 Å². The van der Waals surface area contributed by atoms with E-state index in [1.807, 2.05) is 59.5 Å². The van der Waals surface area contributed by atoms with Gasteiger partial charge in [0.15, 0.2) is 5.65 Å². The van der Waals surface area contributed by atoms with Crippen molar-refractivity contribution in [1.82, 2.24) is 19.9 Å². The summed E-state index contributed by atoms with van der Waals surface area (Å²) in [5, 5.41) is 1.99. The zero-order valence-electron chi connectivity index (χ0n) is 20.5. The Morgan fingerprint density at radius 3 is 2.86 bits per heavy atom. The number of benzene rings is 1. The Morgan fingerprint density at radius 1 is 1.11 bits per heavy atom. The summed E-state index contributed by atoms with van der Waals surface area (Å²) < 4.78 is 5.37. The highest BCUT2D eigenvalue weighted by Gasteiger charge is 2.35. The molecule has 1 amide bonds. The first kappa shape index (κ1) is 23.9. The molecule has 0 bridgehead atoms. The Labute approximate surface area is 210 Å². The van der Waals surface area contributed by atoms with E-state index in [1.54, 1.807) is 19.3 Å². The van der Waals surface area contributed by atoms with Gasteiger partial charge in [-0.1, -0.05) is 18.2 Å². The predicted octanol–water partition coefficient (Wildman–Crippen LogP) is 4.70. The fourth-order valence-corrected chi connectivity index (χ4v) is 4.97. The maximum absolute atomic E-state index is 13.2. The van der Waals surface area contributed by atoms with Crippen molar-refractivity contribution in [3.8, 4) is 0 Å². The molecule has 0 N–H and O–H groups in total. The highest BCUT2D eigenvalue weighted by atomic mass is 16.5. The molecule has 0 spiro atoms. The van der Waals surface area contributed by atoms with Gasteiger partial charge >= 0.3 is 5.97 Å². The average Bonchev–Trinajstić information content (AvgIpc) is 3.25. The monoisotopic (exact) mass is 482 g/mol. The minimum atomic E-state index is -0.556. The number of hydrogen-bond acceptors (Lipinski definition) is 6. The van der Waals surface area contributed by atoms with Crippen LogP contribution >= 0.6 is 0 Å². The van der Waals surface area contributed by atoms with Crippen molar-refractivity contribution in [2.24, 2.45) is 5.92 Å². The topological polar surface area (TPSA) is 85.3 Å². The van der Waals surface area contributed by atoms with Crippen LogP contribution in [0.4, 0.5) is 0 Å². The highest BCUT2D eigenvalue weighted by molar-refractivity contribution is 5.85. The summed E-state index contributed by atoms with van der Waals surface area (Å²) in [7, 11) is 0. The molecule has 4 aromatic rings. The number of fused-ring (bicyclic) bond motifs is 2. The molecule has 0 aliphatic carbocycles. The number of hydrogen-bond donors (Lipinski definition) is 0. The van der Waals surface area contributed by atoms with E-state index in [2.05, 4.69) is 15.0 Å². The summed E-state index contributed by atoms with van der Waals surface area (Å²) in [6.45, 7) is 3.06. The molecule has 184 valence electrons. The number of likely N-dealkylation sites (tertiary alicyclic amines) is 1. The number of pyridine rings is 3. The van der Waals surface area contributed by atoms with Crippen molar-refractivity contribution < 1.29 is 14.3 Å². The fraction of sp³-hybridized carbons (Fsp3) is 0.345. The molecule has 36 heavy (non-hydrogen) atoms. The van der Waals surface area contributed by atoms with Crippen molar-refractivity contribution >= 4 is 33.8 Å². The second-order valence-corrected chi connectivity index (χ2v) is 9.28. The van der Waals surface area contributed by atoms with Gasteiger partial charge in [-0.3, -0.25) is 14.6 Å². The van der Waals surface area contributed by atoms with E-state index in [0.29, 0.717) is 19.7 Å². The minimum Gasteiger partial charge on any atom is -0.465 e. The smallest absolute Gasteiger partial charge is 0.315 e. The third-order valence-electron chi connectivity index (χ3n) is 6.90. The van der Waals surface area contributed by atoms with Gasteiger partial charge in [-0.05, 0) is 74.6 Å².